The number of carbonyl (C=O) groups is 1. The van der Waals surface area contributed by atoms with E-state index < -0.39 is 0 Å². The van der Waals surface area contributed by atoms with E-state index in [9.17, 15) is 4.79 Å². The largest absolute Gasteiger partial charge is 0.461 e. The number of nitrogens with zero attached hydrogens (tertiary/aromatic N) is 2. The minimum Gasteiger partial charge on any atom is -0.461 e. The van der Waals surface area contributed by atoms with E-state index in [-0.39, 0.29) is 5.97 Å². The van der Waals surface area contributed by atoms with E-state index in [0.717, 1.165) is 31.5 Å². The lowest BCUT2D eigenvalue weighted by Gasteiger charge is -2.15. The predicted molar refractivity (Wildman–Crippen MR) is 81.4 cm³/mol. The highest BCUT2D eigenvalue weighted by Crippen LogP contribution is 2.27. The number of nitrogens with one attached hydrogen (secondary N) is 1. The van der Waals surface area contributed by atoms with Gasteiger partial charge in [-0.15, -0.1) is 0 Å². The van der Waals surface area contributed by atoms with E-state index >= 15 is 0 Å². The maximum atomic E-state index is 12.1. The third-order valence-electron chi connectivity index (χ3n) is 3.62. The monoisotopic (exact) mass is 285 g/mol. The molecule has 0 radical (unpaired) electrons. The molecule has 0 unspecified atom stereocenters. The molecule has 5 nitrogen and oxygen atoms in total. The quantitative estimate of drug-likeness (QED) is 0.878. The maximum absolute atomic E-state index is 12.1. The molecule has 1 N–H and O–H groups in total. The van der Waals surface area contributed by atoms with Crippen molar-refractivity contribution in [1.29, 1.82) is 0 Å². The Hall–Kier alpha value is -2.30. The van der Waals surface area contributed by atoms with Crippen LogP contribution in [0.5, 0.6) is 0 Å². The first-order chi connectivity index (χ1) is 10.3. The molecule has 0 bridgehead atoms. The smallest absolute Gasteiger partial charge is 0.358 e. The molecule has 1 aromatic heterocycles. The van der Waals surface area contributed by atoms with Crippen LogP contribution in [0.2, 0.25) is 0 Å². The zero-order chi connectivity index (χ0) is 14.7. The van der Waals surface area contributed by atoms with Crippen LogP contribution in [0, 0.1) is 0 Å². The Morgan fingerprint density at radius 3 is 2.67 bits per heavy atom. The number of anilines is 1. The molecule has 2 heterocycles. The Morgan fingerprint density at radius 2 is 2.00 bits per heavy atom. The number of rotatable bonds is 4. The molecule has 1 aliphatic heterocycles. The number of esters is 1. The summed E-state index contributed by atoms with van der Waals surface area (Å²) in [6.07, 6.45) is 2.27. The third kappa shape index (κ3) is 2.77. The molecule has 0 spiro atoms. The third-order valence-corrected chi connectivity index (χ3v) is 3.62. The second-order valence-corrected chi connectivity index (χ2v) is 5.06. The van der Waals surface area contributed by atoms with Crippen molar-refractivity contribution in [2.75, 3.05) is 24.6 Å². The van der Waals surface area contributed by atoms with Crippen LogP contribution in [0.4, 0.5) is 5.82 Å². The minimum absolute atomic E-state index is 0.339. The molecule has 110 valence electrons. The van der Waals surface area contributed by atoms with Gasteiger partial charge in [-0.05, 0) is 19.8 Å². The molecule has 1 saturated heterocycles. The lowest BCUT2D eigenvalue weighted by atomic mass is 10.2. The van der Waals surface area contributed by atoms with Gasteiger partial charge in [-0.3, -0.25) is 0 Å². The van der Waals surface area contributed by atoms with E-state index in [1.165, 1.54) is 0 Å². The van der Waals surface area contributed by atoms with E-state index in [0.29, 0.717) is 23.9 Å². The number of H-pyrrole nitrogens is 1. The average molecular weight is 285 g/mol. The maximum Gasteiger partial charge on any atom is 0.358 e. The van der Waals surface area contributed by atoms with Crippen molar-refractivity contribution in [1.82, 2.24) is 9.97 Å². The van der Waals surface area contributed by atoms with Crippen LogP contribution in [0.1, 0.15) is 30.3 Å². The van der Waals surface area contributed by atoms with Crippen molar-refractivity contribution in [2.24, 2.45) is 0 Å². The van der Waals surface area contributed by atoms with Gasteiger partial charge < -0.3 is 14.6 Å². The van der Waals surface area contributed by atoms with Crippen LogP contribution >= 0.6 is 0 Å². The highest BCUT2D eigenvalue weighted by atomic mass is 16.5. The second kappa shape index (κ2) is 5.99. The fourth-order valence-electron chi connectivity index (χ4n) is 2.60. The first-order valence-electron chi connectivity index (χ1n) is 7.37. The SMILES string of the molecule is CCOC(=O)c1[nH]c(-c2ccccc2)nc1N1CCCC1. The lowest BCUT2D eigenvalue weighted by Crippen LogP contribution is -2.21. The fraction of sp³-hybridized carbons (Fsp3) is 0.375. The second-order valence-electron chi connectivity index (χ2n) is 5.06. The van der Waals surface area contributed by atoms with Gasteiger partial charge in [0.2, 0.25) is 0 Å². The van der Waals surface area contributed by atoms with E-state index in [4.69, 9.17) is 4.74 Å². The summed E-state index contributed by atoms with van der Waals surface area (Å²) in [5.74, 6) is 1.08. The van der Waals surface area contributed by atoms with Gasteiger partial charge in [0.1, 0.15) is 5.82 Å². The molecule has 0 aliphatic carbocycles. The molecule has 1 aromatic carbocycles. The van der Waals surface area contributed by atoms with Gasteiger partial charge in [0.05, 0.1) is 6.61 Å². The van der Waals surface area contributed by atoms with Crippen LogP contribution in [0.3, 0.4) is 0 Å². The number of aromatic nitrogens is 2. The average Bonchev–Trinajstić information content (AvgIpc) is 3.17. The Morgan fingerprint density at radius 1 is 1.29 bits per heavy atom. The Labute approximate surface area is 124 Å². The Balaban J connectivity index is 2.00. The van der Waals surface area contributed by atoms with Crippen molar-refractivity contribution >= 4 is 11.8 Å². The molecule has 0 amide bonds. The van der Waals surface area contributed by atoms with Crippen LogP contribution < -0.4 is 4.90 Å². The van der Waals surface area contributed by atoms with Crippen LogP contribution in [0.15, 0.2) is 30.3 Å². The van der Waals surface area contributed by atoms with E-state index in [2.05, 4.69) is 14.9 Å². The first kappa shape index (κ1) is 13.7. The van der Waals surface area contributed by atoms with Gasteiger partial charge in [-0.1, -0.05) is 30.3 Å². The predicted octanol–water partition coefficient (Wildman–Crippen LogP) is 2.85. The summed E-state index contributed by atoms with van der Waals surface area (Å²) in [7, 11) is 0. The summed E-state index contributed by atoms with van der Waals surface area (Å²) in [4.78, 5) is 22.1. The fourth-order valence-corrected chi connectivity index (χ4v) is 2.60. The molecule has 0 saturated carbocycles. The van der Waals surface area contributed by atoms with Gasteiger partial charge in [0.15, 0.2) is 11.5 Å². The number of hydrogen-bond acceptors (Lipinski definition) is 4. The molecule has 5 heteroatoms. The van der Waals surface area contributed by atoms with Crippen LogP contribution in [0.25, 0.3) is 11.4 Å². The minimum atomic E-state index is -0.339. The molecular weight excluding hydrogens is 266 g/mol. The Kier molecular flexibility index (Phi) is 3.90. The first-order valence-corrected chi connectivity index (χ1v) is 7.37. The topological polar surface area (TPSA) is 58.2 Å². The lowest BCUT2D eigenvalue weighted by molar-refractivity contribution is 0.0521. The number of imidazole rings is 1. The molecule has 0 atom stereocenters. The molecule has 3 rings (SSSR count). The highest BCUT2D eigenvalue weighted by Gasteiger charge is 2.25. The van der Waals surface area contributed by atoms with Crippen LogP contribution in [-0.4, -0.2) is 35.6 Å². The van der Waals surface area contributed by atoms with Gasteiger partial charge >= 0.3 is 5.97 Å². The van der Waals surface area contributed by atoms with Crippen molar-refractivity contribution in [3.8, 4) is 11.4 Å². The number of ether oxygens (including phenoxy) is 1. The summed E-state index contributed by atoms with van der Waals surface area (Å²) < 4.78 is 5.14. The summed E-state index contributed by atoms with van der Waals surface area (Å²) in [6, 6.07) is 9.82. The Bertz CT molecular complexity index is 616. The molecule has 2 aromatic rings. The van der Waals surface area contributed by atoms with Crippen molar-refractivity contribution in [3.05, 3.63) is 36.0 Å². The van der Waals surface area contributed by atoms with Crippen molar-refractivity contribution in [3.63, 3.8) is 0 Å². The van der Waals surface area contributed by atoms with E-state index in [1.54, 1.807) is 0 Å². The molecule has 21 heavy (non-hydrogen) atoms. The van der Waals surface area contributed by atoms with E-state index in [1.807, 2.05) is 37.3 Å². The summed E-state index contributed by atoms with van der Waals surface area (Å²) in [5.41, 5.74) is 1.42. The standard InChI is InChI=1S/C16H19N3O2/c1-2-21-16(20)13-15(19-10-6-7-11-19)18-14(17-13)12-8-4-3-5-9-12/h3-5,8-9H,2,6-7,10-11H2,1H3,(H,17,18). The number of benzene rings is 1. The van der Waals surface area contributed by atoms with Gasteiger partial charge in [0.25, 0.3) is 0 Å². The highest BCUT2D eigenvalue weighted by molar-refractivity contribution is 5.94. The molecule has 1 fully saturated rings. The normalized spacial score (nSPS) is 14.4. The van der Waals surface area contributed by atoms with Gasteiger partial charge in [-0.25, -0.2) is 9.78 Å². The van der Waals surface area contributed by atoms with Crippen molar-refractivity contribution in [2.45, 2.75) is 19.8 Å². The zero-order valence-electron chi connectivity index (χ0n) is 12.1. The summed E-state index contributed by atoms with van der Waals surface area (Å²) >= 11 is 0. The number of hydrogen-bond donors (Lipinski definition) is 1. The molecule has 1 aliphatic rings. The van der Waals surface area contributed by atoms with Crippen molar-refractivity contribution < 1.29 is 9.53 Å². The number of aromatic amines is 1. The number of carbonyl (C=O) groups excluding carboxylic acids is 1. The molecular formula is C16H19N3O2. The summed E-state index contributed by atoms with van der Waals surface area (Å²) in [5, 5.41) is 0. The van der Waals surface area contributed by atoms with Gasteiger partial charge in [-0.2, -0.15) is 0 Å². The zero-order valence-corrected chi connectivity index (χ0v) is 12.1. The van der Waals surface area contributed by atoms with Crippen LogP contribution in [-0.2, 0) is 4.74 Å². The summed E-state index contributed by atoms with van der Waals surface area (Å²) in [6.45, 7) is 4.04. The van der Waals surface area contributed by atoms with Gasteiger partial charge in [0, 0.05) is 18.7 Å².